The number of hydrogen-bond donors (Lipinski definition) is 2. The van der Waals surface area contributed by atoms with Crippen molar-refractivity contribution in [1.82, 2.24) is 9.80 Å². The van der Waals surface area contributed by atoms with Gasteiger partial charge in [0, 0.05) is 49.8 Å². The van der Waals surface area contributed by atoms with Crippen molar-refractivity contribution in [3.05, 3.63) is 95.3 Å². The molecule has 0 aromatic heterocycles. The zero-order valence-electron chi connectivity index (χ0n) is 21.9. The van der Waals surface area contributed by atoms with Crippen molar-refractivity contribution in [2.24, 2.45) is 0 Å². The summed E-state index contributed by atoms with van der Waals surface area (Å²) in [7, 11) is 2.65. The topological polar surface area (TPSA) is 65.0 Å². The molecule has 2 saturated heterocycles. The van der Waals surface area contributed by atoms with Crippen molar-refractivity contribution in [3.8, 4) is 17.6 Å². The molecular formula is C31H34FN3O3. The number of urea groups is 1. The minimum absolute atomic E-state index is 0.220. The summed E-state index contributed by atoms with van der Waals surface area (Å²) in [5.41, 5.74) is 3.39. The van der Waals surface area contributed by atoms with Gasteiger partial charge >= 0.3 is 6.03 Å². The number of para-hydroxylation sites is 1. The third-order valence-corrected chi connectivity index (χ3v) is 7.08. The Hall–Kier alpha value is -3.86. The van der Waals surface area contributed by atoms with Crippen LogP contribution in [0.2, 0.25) is 0 Å². The van der Waals surface area contributed by atoms with Crippen molar-refractivity contribution in [2.45, 2.75) is 24.8 Å². The van der Waals surface area contributed by atoms with E-state index < -0.39 is 5.82 Å². The number of carbonyl (C=O) groups excluding carboxylic acids is 1. The number of nitrogens with zero attached hydrogens (tertiary/aromatic N) is 2. The van der Waals surface area contributed by atoms with Crippen LogP contribution in [0.5, 0.6) is 5.75 Å². The molecule has 38 heavy (non-hydrogen) atoms. The number of benzene rings is 3. The Labute approximate surface area is 224 Å². The number of carbonyl (C=O) groups is 1. The number of rotatable bonds is 3. The van der Waals surface area contributed by atoms with Crippen LogP contribution in [0.1, 0.15) is 35.4 Å². The fourth-order valence-electron chi connectivity index (χ4n) is 4.96. The van der Waals surface area contributed by atoms with Crippen LogP contribution in [0, 0.1) is 17.7 Å². The lowest BCUT2D eigenvalue weighted by atomic mass is 9.81. The first kappa shape index (κ1) is 27.2. The molecule has 6 nitrogen and oxygen atoms in total. The number of aliphatic hydroxyl groups is 1. The molecule has 0 bridgehead atoms. The van der Waals surface area contributed by atoms with E-state index in [0.717, 1.165) is 49.9 Å². The van der Waals surface area contributed by atoms with Gasteiger partial charge in [0.05, 0.1) is 12.8 Å². The molecule has 5 rings (SSSR count). The van der Waals surface area contributed by atoms with Crippen LogP contribution in [0.15, 0.2) is 72.8 Å². The quantitative estimate of drug-likeness (QED) is 0.485. The van der Waals surface area contributed by atoms with Gasteiger partial charge in [-0.15, -0.1) is 0 Å². The summed E-state index contributed by atoms with van der Waals surface area (Å²) in [4.78, 5) is 17.3. The van der Waals surface area contributed by atoms with Crippen molar-refractivity contribution in [1.29, 1.82) is 0 Å². The Balaban J connectivity index is 0.00000164. The number of hydrogen-bond acceptors (Lipinski definition) is 4. The van der Waals surface area contributed by atoms with Crippen molar-refractivity contribution in [3.63, 3.8) is 0 Å². The van der Waals surface area contributed by atoms with E-state index in [0.29, 0.717) is 19.0 Å². The first-order valence-corrected chi connectivity index (χ1v) is 12.9. The summed E-state index contributed by atoms with van der Waals surface area (Å²) in [6.07, 6.45) is 1.99. The fourth-order valence-corrected chi connectivity index (χ4v) is 4.96. The molecule has 2 N–H and O–H groups in total. The van der Waals surface area contributed by atoms with Crippen LogP contribution in [0.3, 0.4) is 0 Å². The summed E-state index contributed by atoms with van der Waals surface area (Å²) in [5, 5.41) is 9.75. The highest BCUT2D eigenvalue weighted by Gasteiger charge is 2.41. The summed E-state index contributed by atoms with van der Waals surface area (Å²) in [5.74, 6) is 7.19. The number of fused-ring (bicyclic) bond motifs is 1. The van der Waals surface area contributed by atoms with Gasteiger partial charge in [-0.05, 0) is 73.5 Å². The van der Waals surface area contributed by atoms with Gasteiger partial charge in [-0.1, -0.05) is 36.1 Å². The lowest BCUT2D eigenvalue weighted by Crippen LogP contribution is -2.61. The van der Waals surface area contributed by atoms with E-state index in [1.165, 1.54) is 11.6 Å². The molecule has 198 valence electrons. The molecular weight excluding hydrogens is 481 g/mol. The van der Waals surface area contributed by atoms with Gasteiger partial charge in [-0.25, -0.2) is 9.18 Å². The Morgan fingerprint density at radius 3 is 2.21 bits per heavy atom. The number of nitrogens with one attached hydrogen (secondary N) is 1. The SMILES string of the molecule is CO.COc1ccc(C#Cc2ccc(C3CN4CCCCN(C(=O)Nc5ccccc5F)CC34)cc2)cc1. The third-order valence-electron chi connectivity index (χ3n) is 7.08. The van der Waals surface area contributed by atoms with Crippen LogP contribution in [0.4, 0.5) is 14.9 Å². The summed E-state index contributed by atoms with van der Waals surface area (Å²) < 4.78 is 19.2. The Bertz CT molecular complexity index is 1270. The van der Waals surface area contributed by atoms with Crippen molar-refractivity contribution >= 4 is 11.7 Å². The normalized spacial score (nSPS) is 18.7. The van der Waals surface area contributed by atoms with E-state index in [9.17, 15) is 9.18 Å². The molecule has 0 radical (unpaired) electrons. The number of amides is 2. The molecule has 2 heterocycles. The smallest absolute Gasteiger partial charge is 0.321 e. The maximum Gasteiger partial charge on any atom is 0.321 e. The van der Waals surface area contributed by atoms with Crippen LogP contribution >= 0.6 is 0 Å². The lowest BCUT2D eigenvalue weighted by molar-refractivity contribution is 0.0272. The highest BCUT2D eigenvalue weighted by Crippen LogP contribution is 2.36. The van der Waals surface area contributed by atoms with E-state index in [-0.39, 0.29) is 17.8 Å². The number of methoxy groups -OCH3 is 1. The zero-order valence-corrected chi connectivity index (χ0v) is 21.9. The van der Waals surface area contributed by atoms with E-state index in [4.69, 9.17) is 9.84 Å². The molecule has 2 fully saturated rings. The fraction of sp³-hybridized carbons (Fsp3) is 0.323. The number of anilines is 1. The van der Waals surface area contributed by atoms with Crippen molar-refractivity contribution in [2.75, 3.05) is 45.7 Å². The Morgan fingerprint density at radius 1 is 0.921 bits per heavy atom. The van der Waals surface area contributed by atoms with Gasteiger partial charge in [0.2, 0.25) is 0 Å². The standard InChI is InChI=1S/C30H30FN3O2.CH4O/c1-36-25-16-12-23(13-17-25)9-8-22-10-14-24(15-11-22)26-20-33-18-4-5-19-34(21-29(26)33)30(35)32-28-7-3-2-6-27(28)31;1-2/h2-3,6-7,10-17,26,29H,4-5,18-21H2,1H3,(H,32,35);2H,1H3. The van der Waals surface area contributed by atoms with Gasteiger partial charge in [-0.2, -0.15) is 0 Å². The van der Waals surface area contributed by atoms with Gasteiger partial charge in [-0.3, -0.25) is 4.90 Å². The van der Waals surface area contributed by atoms with E-state index >= 15 is 0 Å². The molecule has 0 aliphatic carbocycles. The number of halogens is 1. The second-order valence-corrected chi connectivity index (χ2v) is 9.33. The van der Waals surface area contributed by atoms with Gasteiger partial charge in [0.15, 0.2) is 0 Å². The van der Waals surface area contributed by atoms with Crippen molar-refractivity contribution < 1.29 is 19.0 Å². The van der Waals surface area contributed by atoms with Gasteiger partial charge in [0.25, 0.3) is 0 Å². The minimum atomic E-state index is -0.420. The number of aliphatic hydroxyl groups excluding tert-OH is 1. The second kappa shape index (κ2) is 13.1. The zero-order chi connectivity index (χ0) is 26.9. The van der Waals surface area contributed by atoms with Crippen LogP contribution in [-0.2, 0) is 0 Å². The predicted molar refractivity (Wildman–Crippen MR) is 148 cm³/mol. The molecule has 0 spiro atoms. The highest BCUT2D eigenvalue weighted by atomic mass is 19.1. The first-order valence-electron chi connectivity index (χ1n) is 12.9. The van der Waals surface area contributed by atoms with Crippen LogP contribution in [-0.4, -0.2) is 67.4 Å². The second-order valence-electron chi connectivity index (χ2n) is 9.33. The van der Waals surface area contributed by atoms with E-state index in [1.807, 2.05) is 29.2 Å². The molecule has 3 aromatic rings. The summed E-state index contributed by atoms with van der Waals surface area (Å²) in [6, 6.07) is 22.5. The third kappa shape index (κ3) is 6.52. The average Bonchev–Trinajstić information content (AvgIpc) is 2.94. The molecule has 2 aliphatic rings. The molecule has 3 aromatic carbocycles. The molecule has 0 saturated carbocycles. The van der Waals surface area contributed by atoms with Gasteiger partial charge in [0.1, 0.15) is 11.6 Å². The molecule has 7 heteroatoms. The highest BCUT2D eigenvalue weighted by molar-refractivity contribution is 5.89. The summed E-state index contributed by atoms with van der Waals surface area (Å²) in [6.45, 7) is 3.35. The van der Waals surface area contributed by atoms with E-state index in [1.54, 1.807) is 25.3 Å². The predicted octanol–water partition coefficient (Wildman–Crippen LogP) is 4.94. The molecule has 2 unspecified atom stereocenters. The molecule has 2 atom stereocenters. The Kier molecular flexibility index (Phi) is 9.36. The van der Waals surface area contributed by atoms with Crippen LogP contribution < -0.4 is 10.1 Å². The lowest BCUT2D eigenvalue weighted by Gasteiger charge is -2.51. The monoisotopic (exact) mass is 515 g/mol. The average molecular weight is 516 g/mol. The molecule has 2 aliphatic heterocycles. The summed E-state index contributed by atoms with van der Waals surface area (Å²) >= 11 is 0. The number of ether oxygens (including phenoxy) is 1. The van der Waals surface area contributed by atoms with Crippen LogP contribution in [0.25, 0.3) is 0 Å². The van der Waals surface area contributed by atoms with Gasteiger partial charge < -0.3 is 20.1 Å². The largest absolute Gasteiger partial charge is 0.497 e. The maximum absolute atomic E-state index is 14.1. The maximum atomic E-state index is 14.1. The Morgan fingerprint density at radius 2 is 1.55 bits per heavy atom. The first-order chi connectivity index (χ1) is 18.6. The van der Waals surface area contributed by atoms with E-state index in [2.05, 4.69) is 46.3 Å². The minimum Gasteiger partial charge on any atom is -0.497 e. The molecule has 2 amide bonds.